The molecule has 0 radical (unpaired) electrons. The molecule has 0 aromatic heterocycles. The number of methoxy groups -OCH3 is 1. The molecule has 0 aliphatic carbocycles. The first kappa shape index (κ1) is 15.8. The van der Waals surface area contributed by atoms with Crippen LogP contribution in [0.1, 0.15) is 11.1 Å². The first-order valence-electron chi connectivity index (χ1n) is 5.85. The molecule has 1 aromatic carbocycles. The average Bonchev–Trinajstić information content (AvgIpc) is 2.27. The maximum absolute atomic E-state index is 11.9. The van der Waals surface area contributed by atoms with E-state index in [2.05, 4.69) is 4.74 Å². The number of halogens is 3. The highest BCUT2D eigenvalue weighted by molar-refractivity contribution is 5.37. The number of nitrogens with two attached hydrogens (primary N) is 1. The number of aryl methyl sites for hydroxylation is 1. The summed E-state index contributed by atoms with van der Waals surface area (Å²) in [5.41, 5.74) is 7.67. The molecule has 0 heterocycles. The Morgan fingerprint density at radius 2 is 2.00 bits per heavy atom. The molecule has 1 aromatic rings. The number of alkyl halides is 3. The minimum Gasteiger partial charge on any atom is -0.496 e. The molecule has 0 fully saturated rings. The summed E-state index contributed by atoms with van der Waals surface area (Å²) in [7, 11) is 1.54. The lowest BCUT2D eigenvalue weighted by Crippen LogP contribution is -2.31. The molecule has 2 N–H and O–H groups in total. The Bertz CT molecular complexity index is 407. The highest BCUT2D eigenvalue weighted by atomic mass is 19.4. The number of benzene rings is 1. The Kier molecular flexibility index (Phi) is 5.62. The zero-order valence-electron chi connectivity index (χ0n) is 11.0. The van der Waals surface area contributed by atoms with E-state index in [0.29, 0.717) is 12.2 Å². The summed E-state index contributed by atoms with van der Waals surface area (Å²) in [6, 6.07) is 5.11. The van der Waals surface area contributed by atoms with Crippen LogP contribution in [-0.2, 0) is 11.2 Å². The fourth-order valence-corrected chi connectivity index (χ4v) is 1.73. The van der Waals surface area contributed by atoms with Crippen molar-refractivity contribution in [1.29, 1.82) is 0 Å². The Morgan fingerprint density at radius 3 is 2.58 bits per heavy atom. The van der Waals surface area contributed by atoms with Gasteiger partial charge in [0.2, 0.25) is 0 Å². The van der Waals surface area contributed by atoms with E-state index in [0.717, 1.165) is 11.1 Å². The predicted octanol–water partition coefficient (Wildman–Crippen LogP) is 2.45. The quantitative estimate of drug-likeness (QED) is 0.868. The Balaban J connectivity index is 2.52. The van der Waals surface area contributed by atoms with E-state index in [1.54, 1.807) is 7.11 Å². The Labute approximate surface area is 110 Å². The van der Waals surface area contributed by atoms with E-state index in [1.165, 1.54) is 0 Å². The highest BCUT2D eigenvalue weighted by Gasteiger charge is 2.27. The van der Waals surface area contributed by atoms with Crippen LogP contribution in [0, 0.1) is 6.92 Å². The molecule has 0 bridgehead atoms. The molecule has 0 aliphatic heterocycles. The van der Waals surface area contributed by atoms with Crippen molar-refractivity contribution in [3.8, 4) is 5.75 Å². The van der Waals surface area contributed by atoms with Gasteiger partial charge < -0.3 is 15.2 Å². The van der Waals surface area contributed by atoms with E-state index in [-0.39, 0.29) is 6.61 Å². The zero-order valence-corrected chi connectivity index (χ0v) is 11.0. The fraction of sp³-hybridized carbons (Fsp3) is 0.538. The summed E-state index contributed by atoms with van der Waals surface area (Å²) in [5, 5.41) is 0. The molecule has 108 valence electrons. The smallest absolute Gasteiger partial charge is 0.411 e. The second-order valence-corrected chi connectivity index (χ2v) is 4.41. The summed E-state index contributed by atoms with van der Waals surface area (Å²) < 4.78 is 45.5. The molecule has 1 atom stereocenters. The standard InChI is InChI=1S/C13H18F3NO2/c1-9-3-4-12(18-2)10(5-9)6-11(17)7-19-8-13(14,15)16/h3-5,11H,6-8,17H2,1-2H3. The van der Waals surface area contributed by atoms with Crippen LogP contribution >= 0.6 is 0 Å². The monoisotopic (exact) mass is 277 g/mol. The molecular weight excluding hydrogens is 259 g/mol. The topological polar surface area (TPSA) is 44.5 Å². The average molecular weight is 277 g/mol. The minimum absolute atomic E-state index is 0.142. The fourth-order valence-electron chi connectivity index (χ4n) is 1.73. The van der Waals surface area contributed by atoms with Crippen molar-refractivity contribution >= 4 is 0 Å². The summed E-state index contributed by atoms with van der Waals surface area (Å²) in [6.07, 6.45) is -3.91. The van der Waals surface area contributed by atoms with Gasteiger partial charge in [-0.05, 0) is 25.0 Å². The first-order chi connectivity index (χ1) is 8.81. The van der Waals surface area contributed by atoms with Gasteiger partial charge in [-0.1, -0.05) is 17.7 Å². The number of rotatable bonds is 6. The van der Waals surface area contributed by atoms with Crippen LogP contribution in [0.5, 0.6) is 5.75 Å². The van der Waals surface area contributed by atoms with Crippen molar-refractivity contribution < 1.29 is 22.6 Å². The van der Waals surface area contributed by atoms with Crippen molar-refractivity contribution in [2.75, 3.05) is 20.3 Å². The van der Waals surface area contributed by atoms with Gasteiger partial charge in [-0.25, -0.2) is 0 Å². The van der Waals surface area contributed by atoms with Crippen LogP contribution in [0.25, 0.3) is 0 Å². The molecule has 19 heavy (non-hydrogen) atoms. The van der Waals surface area contributed by atoms with Crippen LogP contribution in [0.2, 0.25) is 0 Å². The molecule has 0 saturated carbocycles. The lowest BCUT2D eigenvalue weighted by atomic mass is 10.0. The number of hydrogen-bond donors (Lipinski definition) is 1. The largest absolute Gasteiger partial charge is 0.496 e. The normalized spacial score (nSPS) is 13.4. The first-order valence-corrected chi connectivity index (χ1v) is 5.85. The van der Waals surface area contributed by atoms with E-state index < -0.39 is 18.8 Å². The third-order valence-corrected chi connectivity index (χ3v) is 2.52. The van der Waals surface area contributed by atoms with Gasteiger partial charge in [0.15, 0.2) is 0 Å². The van der Waals surface area contributed by atoms with Gasteiger partial charge >= 0.3 is 6.18 Å². The van der Waals surface area contributed by atoms with E-state index >= 15 is 0 Å². The van der Waals surface area contributed by atoms with Crippen molar-refractivity contribution in [2.45, 2.75) is 25.6 Å². The highest BCUT2D eigenvalue weighted by Crippen LogP contribution is 2.21. The number of hydrogen-bond acceptors (Lipinski definition) is 3. The molecule has 1 unspecified atom stereocenters. The predicted molar refractivity (Wildman–Crippen MR) is 66.3 cm³/mol. The summed E-state index contributed by atoms with van der Waals surface area (Å²) in [5.74, 6) is 0.678. The van der Waals surface area contributed by atoms with Crippen molar-refractivity contribution in [2.24, 2.45) is 5.73 Å². The second kappa shape index (κ2) is 6.77. The minimum atomic E-state index is -4.32. The molecule has 0 saturated heterocycles. The van der Waals surface area contributed by atoms with Gasteiger partial charge in [-0.15, -0.1) is 0 Å². The Hall–Kier alpha value is -1.27. The van der Waals surface area contributed by atoms with Crippen LogP contribution in [0.3, 0.4) is 0 Å². The molecular formula is C13H18F3NO2. The SMILES string of the molecule is COc1ccc(C)cc1CC(N)COCC(F)(F)F. The third kappa shape index (κ3) is 5.94. The van der Waals surface area contributed by atoms with E-state index in [9.17, 15) is 13.2 Å². The van der Waals surface area contributed by atoms with Gasteiger partial charge in [0.25, 0.3) is 0 Å². The van der Waals surface area contributed by atoms with Gasteiger partial charge in [-0.3, -0.25) is 0 Å². The van der Waals surface area contributed by atoms with Gasteiger partial charge in [0, 0.05) is 6.04 Å². The van der Waals surface area contributed by atoms with Crippen molar-refractivity contribution in [3.63, 3.8) is 0 Å². The lowest BCUT2D eigenvalue weighted by Gasteiger charge is -2.15. The van der Waals surface area contributed by atoms with Crippen LogP contribution in [0.15, 0.2) is 18.2 Å². The summed E-state index contributed by atoms with van der Waals surface area (Å²) in [6.45, 7) is 0.511. The Morgan fingerprint density at radius 1 is 1.32 bits per heavy atom. The van der Waals surface area contributed by atoms with Gasteiger partial charge in [0.05, 0.1) is 13.7 Å². The molecule has 6 heteroatoms. The van der Waals surface area contributed by atoms with Crippen LogP contribution in [0.4, 0.5) is 13.2 Å². The zero-order chi connectivity index (χ0) is 14.5. The maximum atomic E-state index is 11.9. The molecule has 1 rings (SSSR count). The van der Waals surface area contributed by atoms with Crippen LogP contribution < -0.4 is 10.5 Å². The summed E-state index contributed by atoms with van der Waals surface area (Å²) >= 11 is 0. The lowest BCUT2D eigenvalue weighted by molar-refractivity contribution is -0.174. The molecule has 0 amide bonds. The van der Waals surface area contributed by atoms with Crippen molar-refractivity contribution in [3.05, 3.63) is 29.3 Å². The van der Waals surface area contributed by atoms with E-state index in [1.807, 2.05) is 25.1 Å². The van der Waals surface area contributed by atoms with Crippen molar-refractivity contribution in [1.82, 2.24) is 0 Å². The number of ether oxygens (including phenoxy) is 2. The van der Waals surface area contributed by atoms with Gasteiger partial charge in [-0.2, -0.15) is 13.2 Å². The second-order valence-electron chi connectivity index (χ2n) is 4.41. The van der Waals surface area contributed by atoms with E-state index in [4.69, 9.17) is 10.5 Å². The molecule has 3 nitrogen and oxygen atoms in total. The summed E-state index contributed by atoms with van der Waals surface area (Å²) in [4.78, 5) is 0. The maximum Gasteiger partial charge on any atom is 0.411 e. The third-order valence-electron chi connectivity index (χ3n) is 2.52. The molecule has 0 aliphatic rings. The molecule has 0 spiro atoms. The van der Waals surface area contributed by atoms with Crippen LogP contribution in [-0.4, -0.2) is 32.5 Å². The van der Waals surface area contributed by atoms with Gasteiger partial charge in [0.1, 0.15) is 12.4 Å².